The molecule has 1 heterocycles. The van der Waals surface area contributed by atoms with E-state index in [9.17, 15) is 0 Å². The Morgan fingerprint density at radius 1 is 1.18 bits per heavy atom. The third-order valence-electron chi connectivity index (χ3n) is 1.29. The number of rotatable bonds is 1. The molecule has 0 N–H and O–H groups in total. The van der Waals surface area contributed by atoms with Gasteiger partial charge in [-0.3, -0.25) is 0 Å². The Morgan fingerprint density at radius 3 is 2.18 bits per heavy atom. The molecule has 1 fully saturated rings. The van der Waals surface area contributed by atoms with Crippen LogP contribution in [0.25, 0.3) is 0 Å². The van der Waals surface area contributed by atoms with Gasteiger partial charge in [-0.25, -0.2) is 0 Å². The molecule has 1 aliphatic rings. The summed E-state index contributed by atoms with van der Waals surface area (Å²) in [6, 6.07) is 0. The first kappa shape index (κ1) is 9.87. The minimum atomic E-state index is -1.28. The largest absolute Gasteiger partial charge is 0.352 e. The van der Waals surface area contributed by atoms with Crippen LogP contribution in [0.4, 0.5) is 0 Å². The van der Waals surface area contributed by atoms with Gasteiger partial charge < -0.3 is 9.47 Å². The Balaban J connectivity index is 2.24. The molecule has 66 valence electrons. The van der Waals surface area contributed by atoms with Crippen molar-refractivity contribution in [3.8, 4) is 0 Å². The van der Waals surface area contributed by atoms with E-state index in [0.29, 0.717) is 13.2 Å². The second-order valence-electron chi connectivity index (χ2n) is 2.34. The molecule has 2 nitrogen and oxygen atoms in total. The molecule has 5 heteroatoms. The summed E-state index contributed by atoms with van der Waals surface area (Å²) in [6.07, 6.45) is 0.852. The molecule has 0 spiro atoms. The first-order chi connectivity index (χ1) is 5.08. The molecular weight excluding hydrogens is 210 g/mol. The quantitative estimate of drug-likeness (QED) is 0.631. The average Bonchev–Trinajstić information content (AvgIpc) is 1.85. The third-order valence-corrected chi connectivity index (χ3v) is 1.76. The van der Waals surface area contributed by atoms with Crippen LogP contribution in [0, 0.1) is 0 Å². The van der Waals surface area contributed by atoms with Crippen molar-refractivity contribution in [2.75, 3.05) is 13.2 Å². The van der Waals surface area contributed by atoms with Crippen molar-refractivity contribution in [3.63, 3.8) is 0 Å². The van der Waals surface area contributed by atoms with Crippen molar-refractivity contribution in [1.82, 2.24) is 0 Å². The topological polar surface area (TPSA) is 18.5 Å². The minimum absolute atomic E-state index is 0.289. The highest BCUT2D eigenvalue weighted by molar-refractivity contribution is 6.67. The van der Waals surface area contributed by atoms with Gasteiger partial charge in [0.05, 0.1) is 13.2 Å². The number of alkyl halides is 3. The highest BCUT2D eigenvalue weighted by Crippen LogP contribution is 2.33. The lowest BCUT2D eigenvalue weighted by molar-refractivity contribution is -0.180. The fraction of sp³-hybridized carbons (Fsp3) is 1.00. The Labute approximate surface area is 80.7 Å². The van der Waals surface area contributed by atoms with Crippen LogP contribution in [-0.4, -0.2) is 23.3 Å². The van der Waals surface area contributed by atoms with E-state index in [1.165, 1.54) is 0 Å². The summed E-state index contributed by atoms with van der Waals surface area (Å²) >= 11 is 16.6. The first-order valence-electron chi connectivity index (χ1n) is 3.38. The summed E-state index contributed by atoms with van der Waals surface area (Å²) in [7, 11) is 0. The fourth-order valence-corrected chi connectivity index (χ4v) is 1.22. The molecule has 0 aliphatic carbocycles. The zero-order valence-corrected chi connectivity index (χ0v) is 8.12. The SMILES string of the molecule is ClC(Cl)(Cl)CC1OCCCO1. The molecule has 0 bridgehead atoms. The summed E-state index contributed by atoms with van der Waals surface area (Å²) in [5.74, 6) is 0. The highest BCUT2D eigenvalue weighted by atomic mass is 35.6. The summed E-state index contributed by atoms with van der Waals surface area (Å²) in [6.45, 7) is 1.37. The molecule has 1 rings (SSSR count). The van der Waals surface area contributed by atoms with Crippen molar-refractivity contribution in [1.29, 1.82) is 0 Å². The van der Waals surface area contributed by atoms with Gasteiger partial charge in [0, 0.05) is 6.42 Å². The van der Waals surface area contributed by atoms with Gasteiger partial charge in [-0.05, 0) is 6.42 Å². The molecule has 0 radical (unpaired) electrons. The van der Waals surface area contributed by atoms with Crippen molar-refractivity contribution in [2.24, 2.45) is 0 Å². The van der Waals surface area contributed by atoms with Crippen LogP contribution < -0.4 is 0 Å². The second kappa shape index (κ2) is 4.15. The van der Waals surface area contributed by atoms with Crippen molar-refractivity contribution in [2.45, 2.75) is 22.9 Å². The molecule has 11 heavy (non-hydrogen) atoms. The van der Waals surface area contributed by atoms with Crippen LogP contribution in [0.1, 0.15) is 12.8 Å². The lowest BCUT2D eigenvalue weighted by atomic mass is 10.4. The maximum atomic E-state index is 5.54. The Bertz CT molecular complexity index is 117. The molecule has 0 aromatic heterocycles. The lowest BCUT2D eigenvalue weighted by Crippen LogP contribution is -2.28. The maximum Gasteiger partial charge on any atom is 0.195 e. The zero-order chi connectivity index (χ0) is 8.32. The first-order valence-corrected chi connectivity index (χ1v) is 4.51. The molecule has 0 atom stereocenters. The fourth-order valence-electron chi connectivity index (χ4n) is 0.843. The Hall–Kier alpha value is 0.790. The van der Waals surface area contributed by atoms with E-state index in [1.54, 1.807) is 0 Å². The average molecular weight is 219 g/mol. The molecule has 0 aromatic rings. The van der Waals surface area contributed by atoms with Crippen LogP contribution >= 0.6 is 34.8 Å². The smallest absolute Gasteiger partial charge is 0.195 e. The van der Waals surface area contributed by atoms with E-state index in [-0.39, 0.29) is 12.7 Å². The molecule has 1 aliphatic heterocycles. The van der Waals surface area contributed by atoms with Gasteiger partial charge in [-0.2, -0.15) is 0 Å². The van der Waals surface area contributed by atoms with Gasteiger partial charge >= 0.3 is 0 Å². The molecule has 0 amide bonds. The summed E-state index contributed by atoms with van der Waals surface area (Å²) < 4.78 is 9.08. The normalized spacial score (nSPS) is 22.1. The minimum Gasteiger partial charge on any atom is -0.352 e. The van der Waals surface area contributed by atoms with E-state index in [0.717, 1.165) is 6.42 Å². The number of ether oxygens (including phenoxy) is 2. The molecule has 1 saturated heterocycles. The van der Waals surface area contributed by atoms with Gasteiger partial charge in [0.2, 0.25) is 0 Å². The second-order valence-corrected chi connectivity index (χ2v) is 4.86. The number of hydrogen-bond donors (Lipinski definition) is 0. The van der Waals surface area contributed by atoms with Gasteiger partial charge in [-0.15, -0.1) is 0 Å². The van der Waals surface area contributed by atoms with Gasteiger partial charge in [0.25, 0.3) is 0 Å². The van der Waals surface area contributed by atoms with E-state index in [2.05, 4.69) is 0 Å². The number of halogens is 3. The molecule has 0 saturated carbocycles. The van der Waals surface area contributed by atoms with Crippen LogP contribution in [0.2, 0.25) is 0 Å². The summed E-state index contributed by atoms with van der Waals surface area (Å²) in [5.41, 5.74) is 0. The monoisotopic (exact) mass is 218 g/mol. The van der Waals surface area contributed by atoms with E-state index in [4.69, 9.17) is 44.3 Å². The zero-order valence-electron chi connectivity index (χ0n) is 5.86. The van der Waals surface area contributed by atoms with Gasteiger partial charge in [0.15, 0.2) is 10.1 Å². The lowest BCUT2D eigenvalue weighted by Gasteiger charge is -2.25. The van der Waals surface area contributed by atoms with Crippen molar-refractivity contribution >= 4 is 34.8 Å². The predicted molar refractivity (Wildman–Crippen MR) is 45.2 cm³/mol. The van der Waals surface area contributed by atoms with E-state index >= 15 is 0 Å². The van der Waals surface area contributed by atoms with Gasteiger partial charge in [-0.1, -0.05) is 34.8 Å². The highest BCUT2D eigenvalue weighted by Gasteiger charge is 2.27. The van der Waals surface area contributed by atoms with Crippen LogP contribution in [0.15, 0.2) is 0 Å². The van der Waals surface area contributed by atoms with E-state index in [1.807, 2.05) is 0 Å². The van der Waals surface area contributed by atoms with Gasteiger partial charge in [0.1, 0.15) is 0 Å². The standard InChI is InChI=1S/C6H9Cl3O2/c7-6(8,9)4-5-10-2-1-3-11-5/h5H,1-4H2. The van der Waals surface area contributed by atoms with E-state index < -0.39 is 3.79 Å². The summed E-state index contributed by atoms with van der Waals surface area (Å²) in [5, 5.41) is 0. The summed E-state index contributed by atoms with van der Waals surface area (Å²) in [4.78, 5) is 0. The molecule has 0 unspecified atom stereocenters. The number of hydrogen-bond acceptors (Lipinski definition) is 2. The third kappa shape index (κ3) is 4.38. The van der Waals surface area contributed by atoms with Crippen LogP contribution in [0.3, 0.4) is 0 Å². The predicted octanol–water partition coefficient (Wildman–Crippen LogP) is 2.51. The van der Waals surface area contributed by atoms with Crippen molar-refractivity contribution in [3.05, 3.63) is 0 Å². The maximum absolute atomic E-state index is 5.54. The molecule has 0 aromatic carbocycles. The van der Waals surface area contributed by atoms with Crippen LogP contribution in [-0.2, 0) is 9.47 Å². The van der Waals surface area contributed by atoms with Crippen molar-refractivity contribution < 1.29 is 9.47 Å². The molecular formula is C6H9Cl3O2. The Kier molecular flexibility index (Phi) is 3.72. The Morgan fingerprint density at radius 2 is 1.73 bits per heavy atom. The van der Waals surface area contributed by atoms with Crippen LogP contribution in [0.5, 0.6) is 0 Å².